The quantitative estimate of drug-likeness (QED) is 0.114. The highest BCUT2D eigenvalue weighted by Crippen LogP contribution is 2.35. The highest BCUT2D eigenvalue weighted by atomic mass is 16.5. The molecule has 2 fully saturated rings. The minimum absolute atomic E-state index is 0.0506. The second-order valence-corrected chi connectivity index (χ2v) is 15.6. The second-order valence-electron chi connectivity index (χ2n) is 15.6. The normalized spacial score (nSPS) is 19.0. The van der Waals surface area contributed by atoms with Crippen LogP contribution in [0.15, 0.2) is 60.9 Å². The summed E-state index contributed by atoms with van der Waals surface area (Å²) in [4.78, 5) is 61.2. The van der Waals surface area contributed by atoms with Gasteiger partial charge in [-0.05, 0) is 73.9 Å². The Kier molecular flexibility index (Phi) is 12.4. The number of methoxy groups -OCH3 is 1. The van der Waals surface area contributed by atoms with Crippen LogP contribution in [0.25, 0.3) is 33.6 Å². The number of nitrogens with two attached hydrogens (primary N) is 1. The number of nitrogens with zero attached hydrogens (tertiary/aromatic N) is 5. The van der Waals surface area contributed by atoms with Crippen molar-refractivity contribution < 1.29 is 19.1 Å². The first-order valence-corrected chi connectivity index (χ1v) is 19.3. The number of aromatic amines is 2. The van der Waals surface area contributed by atoms with Crippen LogP contribution < -0.4 is 16.4 Å². The molecule has 4 aromatic rings. The van der Waals surface area contributed by atoms with Crippen molar-refractivity contribution >= 4 is 17.9 Å². The molecule has 1 unspecified atom stereocenters. The Labute approximate surface area is 323 Å². The predicted octanol–water partition coefficient (Wildman–Crippen LogP) is 5.26. The van der Waals surface area contributed by atoms with Crippen LogP contribution in [-0.2, 0) is 14.3 Å². The maximum Gasteiger partial charge on any atom is 0.407 e. The summed E-state index contributed by atoms with van der Waals surface area (Å²) in [6.07, 6.45) is 6.04. The van der Waals surface area contributed by atoms with E-state index >= 15 is 0 Å². The Morgan fingerprint density at radius 3 is 1.56 bits per heavy atom. The summed E-state index contributed by atoms with van der Waals surface area (Å²) in [5.74, 6) is 1.43. The fourth-order valence-electron chi connectivity index (χ4n) is 7.56. The maximum atomic E-state index is 13.8. The van der Waals surface area contributed by atoms with Crippen molar-refractivity contribution in [2.75, 3.05) is 34.3 Å². The van der Waals surface area contributed by atoms with Crippen molar-refractivity contribution in [3.05, 3.63) is 72.6 Å². The predicted molar refractivity (Wildman–Crippen MR) is 212 cm³/mol. The zero-order valence-electron chi connectivity index (χ0n) is 33.0. The van der Waals surface area contributed by atoms with Gasteiger partial charge in [0.1, 0.15) is 24.0 Å². The number of rotatable bonds is 13. The first-order valence-electron chi connectivity index (χ1n) is 19.3. The van der Waals surface area contributed by atoms with Gasteiger partial charge in [0.25, 0.3) is 0 Å². The largest absolute Gasteiger partial charge is 0.453 e. The van der Waals surface area contributed by atoms with Crippen LogP contribution >= 0.6 is 0 Å². The monoisotopic (exact) mass is 752 g/mol. The summed E-state index contributed by atoms with van der Waals surface area (Å²) in [6.45, 7) is 9.18. The molecule has 0 bridgehead atoms. The van der Waals surface area contributed by atoms with Gasteiger partial charge in [-0.1, -0.05) is 76.2 Å². The lowest BCUT2D eigenvalue weighted by molar-refractivity contribution is -0.136. The molecule has 2 aromatic carbocycles. The fourth-order valence-corrected chi connectivity index (χ4v) is 7.56. The summed E-state index contributed by atoms with van der Waals surface area (Å²) in [5.41, 5.74) is 12.2. The maximum absolute atomic E-state index is 13.8. The zero-order chi connectivity index (χ0) is 39.4. The summed E-state index contributed by atoms with van der Waals surface area (Å²) in [7, 11) is 5.07. The average molecular weight is 753 g/mol. The van der Waals surface area contributed by atoms with Crippen LogP contribution in [0.1, 0.15) is 77.1 Å². The number of amides is 3. The van der Waals surface area contributed by atoms with E-state index < -0.39 is 24.5 Å². The highest BCUT2D eigenvalue weighted by molar-refractivity contribution is 5.86. The number of alkyl carbamates (subject to hydrolysis) is 1. The third kappa shape index (κ3) is 8.77. The van der Waals surface area contributed by atoms with Crippen molar-refractivity contribution in [2.24, 2.45) is 17.6 Å². The summed E-state index contributed by atoms with van der Waals surface area (Å²) < 4.78 is 4.76. The van der Waals surface area contributed by atoms with Crippen molar-refractivity contribution in [1.82, 2.24) is 45.3 Å². The lowest BCUT2D eigenvalue weighted by Crippen LogP contribution is -2.59. The lowest BCUT2D eigenvalue weighted by atomic mass is 10.0. The van der Waals surface area contributed by atoms with E-state index in [1.807, 2.05) is 68.9 Å². The standard InChI is InChI=1S/C41H56N10O4/c1-24(2)34(47-40(42)49(5)6)38(52)50-20-8-10-32(50)36-43-22-30(45-36)28-16-12-26(13-17-28)27-14-18-29(19-15-27)31-23-44-37(46-31)33-11-9-21-51(33)39(53)35(25(3)4)48-41(54)55-7/h12-19,22-25,32-35,40,47H,8-11,20-21,42H2,1-7H3,(H,43,45)(H,44,46)(H,48,54)/t32-,33-,34-,35-,40?/m0/s1. The molecule has 3 amide bonds. The van der Waals surface area contributed by atoms with Crippen LogP contribution in [0.2, 0.25) is 0 Å². The van der Waals surface area contributed by atoms with E-state index in [1.165, 1.54) is 7.11 Å². The van der Waals surface area contributed by atoms with Gasteiger partial charge in [0.05, 0.1) is 49.0 Å². The molecule has 6 rings (SSSR count). The molecule has 55 heavy (non-hydrogen) atoms. The summed E-state index contributed by atoms with van der Waals surface area (Å²) in [5, 5.41) is 6.01. The topological polar surface area (TPSA) is 178 Å². The molecule has 4 heterocycles. The van der Waals surface area contributed by atoms with Gasteiger partial charge in [0, 0.05) is 13.1 Å². The van der Waals surface area contributed by atoms with Crippen LogP contribution in [0, 0.1) is 11.8 Å². The SMILES string of the molecule is COC(=O)N[C@H](C(=O)N1CCC[C@H]1c1ncc(-c2ccc(-c3ccc(-c4cnc([C@@H]5CCCN5C(=O)[C@@H](NC(N)N(C)C)C(C)C)[nH]4)cc3)cc2)[nH]1)C(C)C. The zero-order valence-corrected chi connectivity index (χ0v) is 33.0. The number of likely N-dealkylation sites (tertiary alicyclic amines) is 2. The number of H-pyrrole nitrogens is 2. The fraction of sp³-hybridized carbons (Fsp3) is 0.488. The van der Waals surface area contributed by atoms with Gasteiger partial charge in [0.2, 0.25) is 11.8 Å². The average Bonchev–Trinajstić information content (AvgIpc) is 4.02. The Morgan fingerprint density at radius 1 is 0.745 bits per heavy atom. The van der Waals surface area contributed by atoms with Gasteiger partial charge < -0.3 is 35.6 Å². The lowest BCUT2D eigenvalue weighted by Gasteiger charge is -2.33. The van der Waals surface area contributed by atoms with Gasteiger partial charge in [-0.15, -0.1) is 0 Å². The smallest absolute Gasteiger partial charge is 0.407 e. The molecular formula is C41H56N10O4. The molecule has 2 aliphatic rings. The Bertz CT molecular complexity index is 1920. The van der Waals surface area contributed by atoms with Gasteiger partial charge in [-0.25, -0.2) is 14.8 Å². The molecular weight excluding hydrogens is 697 g/mol. The van der Waals surface area contributed by atoms with E-state index in [4.69, 9.17) is 15.5 Å². The first kappa shape index (κ1) is 39.6. The Hall–Kier alpha value is -5.05. The molecule has 2 aromatic heterocycles. The second kappa shape index (κ2) is 17.2. The third-order valence-electron chi connectivity index (χ3n) is 10.8. The van der Waals surface area contributed by atoms with Gasteiger partial charge in [-0.3, -0.25) is 19.8 Å². The minimum Gasteiger partial charge on any atom is -0.453 e. The first-order chi connectivity index (χ1) is 26.4. The van der Waals surface area contributed by atoms with E-state index in [2.05, 4.69) is 74.1 Å². The highest BCUT2D eigenvalue weighted by Gasteiger charge is 2.39. The summed E-state index contributed by atoms with van der Waals surface area (Å²) in [6, 6.07) is 15.3. The Morgan fingerprint density at radius 2 is 1.16 bits per heavy atom. The molecule has 6 N–H and O–H groups in total. The van der Waals surface area contributed by atoms with Crippen molar-refractivity contribution in [3.8, 4) is 33.6 Å². The van der Waals surface area contributed by atoms with Gasteiger partial charge in [-0.2, -0.15) is 0 Å². The molecule has 0 radical (unpaired) electrons. The van der Waals surface area contributed by atoms with Crippen LogP contribution in [-0.4, -0.2) is 105 Å². The van der Waals surface area contributed by atoms with E-state index in [-0.39, 0.29) is 35.7 Å². The van der Waals surface area contributed by atoms with Gasteiger partial charge >= 0.3 is 6.09 Å². The van der Waals surface area contributed by atoms with Crippen LogP contribution in [0.5, 0.6) is 0 Å². The molecule has 14 heteroatoms. The Balaban J connectivity index is 1.10. The molecule has 0 saturated carbocycles. The molecule has 5 atom stereocenters. The van der Waals surface area contributed by atoms with Crippen molar-refractivity contribution in [2.45, 2.75) is 83.8 Å². The number of aromatic nitrogens is 4. The van der Waals surface area contributed by atoms with Crippen molar-refractivity contribution in [1.29, 1.82) is 0 Å². The van der Waals surface area contributed by atoms with E-state index in [0.717, 1.165) is 71.0 Å². The van der Waals surface area contributed by atoms with E-state index in [1.54, 1.807) is 0 Å². The molecule has 294 valence electrons. The summed E-state index contributed by atoms with van der Waals surface area (Å²) >= 11 is 0. The van der Waals surface area contributed by atoms with E-state index in [9.17, 15) is 14.4 Å². The van der Waals surface area contributed by atoms with Crippen molar-refractivity contribution in [3.63, 3.8) is 0 Å². The molecule has 0 aliphatic carbocycles. The van der Waals surface area contributed by atoms with E-state index in [0.29, 0.717) is 13.1 Å². The number of carbonyl (C=O) groups is 3. The van der Waals surface area contributed by atoms with Gasteiger partial charge in [0.15, 0.2) is 0 Å². The molecule has 2 saturated heterocycles. The minimum atomic E-state index is -0.680. The molecule has 0 spiro atoms. The number of imidazole rings is 2. The van der Waals surface area contributed by atoms with Crippen LogP contribution in [0.3, 0.4) is 0 Å². The number of hydrogen-bond donors (Lipinski definition) is 5. The molecule has 14 nitrogen and oxygen atoms in total. The van der Waals surface area contributed by atoms with Crippen LogP contribution in [0.4, 0.5) is 4.79 Å². The number of carbonyl (C=O) groups excluding carboxylic acids is 3. The number of ether oxygens (including phenoxy) is 1. The number of benzene rings is 2. The number of nitrogens with one attached hydrogen (secondary N) is 4. The molecule has 2 aliphatic heterocycles. The number of hydrogen-bond acceptors (Lipinski definition) is 9. The third-order valence-corrected chi connectivity index (χ3v) is 10.8.